The number of H-pyrrole nitrogens is 1. The molecule has 0 atom stereocenters. The van der Waals surface area contributed by atoms with E-state index in [1.807, 2.05) is 50.7 Å². The van der Waals surface area contributed by atoms with Gasteiger partial charge in [-0.15, -0.1) is 6.42 Å². The Hall–Kier alpha value is -3.56. The lowest BCUT2D eigenvalue weighted by Crippen LogP contribution is -2.36. The van der Waals surface area contributed by atoms with Crippen LogP contribution in [-0.4, -0.2) is 40.8 Å². The van der Waals surface area contributed by atoms with Gasteiger partial charge in [0.15, 0.2) is 0 Å². The van der Waals surface area contributed by atoms with E-state index in [4.69, 9.17) is 11.2 Å². The number of anilines is 1. The van der Waals surface area contributed by atoms with Crippen LogP contribution in [0.15, 0.2) is 64.9 Å². The SMILES string of the molecule is C#C/C(C)=C\C=C(/C)Cn1ccc(-c2c[nH]c3ncc(N4CCOCC4)cc23)cc1=O. The van der Waals surface area contributed by atoms with Crippen LogP contribution in [-0.2, 0) is 11.3 Å². The van der Waals surface area contributed by atoms with Crippen molar-refractivity contribution in [1.82, 2.24) is 14.5 Å². The van der Waals surface area contributed by atoms with Crippen molar-refractivity contribution >= 4 is 16.7 Å². The minimum atomic E-state index is -0.0467. The van der Waals surface area contributed by atoms with E-state index in [-0.39, 0.29) is 5.56 Å². The third kappa shape index (κ3) is 4.62. The molecule has 1 fully saturated rings. The van der Waals surface area contributed by atoms with Crippen LogP contribution in [0.5, 0.6) is 0 Å². The predicted octanol–water partition coefficient (Wildman–Crippen LogP) is 3.75. The molecule has 6 heteroatoms. The molecule has 0 unspecified atom stereocenters. The average molecular weight is 415 g/mol. The zero-order valence-corrected chi connectivity index (χ0v) is 17.9. The van der Waals surface area contributed by atoms with Crippen molar-refractivity contribution in [2.24, 2.45) is 0 Å². The van der Waals surface area contributed by atoms with Gasteiger partial charge in [0.25, 0.3) is 5.56 Å². The van der Waals surface area contributed by atoms with E-state index in [2.05, 4.69) is 26.9 Å². The van der Waals surface area contributed by atoms with E-state index in [1.165, 1.54) is 0 Å². The Morgan fingerprint density at radius 1 is 1.29 bits per heavy atom. The van der Waals surface area contributed by atoms with Gasteiger partial charge in [0.05, 0.1) is 25.1 Å². The predicted molar refractivity (Wildman–Crippen MR) is 125 cm³/mol. The van der Waals surface area contributed by atoms with Gasteiger partial charge < -0.3 is 19.2 Å². The fourth-order valence-corrected chi connectivity index (χ4v) is 3.67. The van der Waals surface area contributed by atoms with Gasteiger partial charge in [0.2, 0.25) is 0 Å². The second kappa shape index (κ2) is 9.07. The van der Waals surface area contributed by atoms with Gasteiger partial charge in [0.1, 0.15) is 5.65 Å². The molecule has 3 aromatic rings. The third-order valence-corrected chi connectivity index (χ3v) is 5.47. The van der Waals surface area contributed by atoms with Gasteiger partial charge in [-0.05, 0) is 37.1 Å². The normalized spacial score (nSPS) is 15.3. The molecule has 0 aromatic carbocycles. The fraction of sp³-hybridized carbons (Fsp3) is 0.280. The summed E-state index contributed by atoms with van der Waals surface area (Å²) in [6, 6.07) is 5.79. The second-order valence-corrected chi connectivity index (χ2v) is 7.78. The second-order valence-electron chi connectivity index (χ2n) is 7.78. The van der Waals surface area contributed by atoms with Crippen molar-refractivity contribution in [2.45, 2.75) is 20.4 Å². The number of hydrogen-bond donors (Lipinski definition) is 1. The third-order valence-electron chi connectivity index (χ3n) is 5.47. The zero-order chi connectivity index (χ0) is 21.8. The minimum Gasteiger partial charge on any atom is -0.378 e. The lowest BCUT2D eigenvalue weighted by Gasteiger charge is -2.28. The van der Waals surface area contributed by atoms with Crippen LogP contribution >= 0.6 is 0 Å². The Balaban J connectivity index is 1.62. The van der Waals surface area contributed by atoms with Crippen molar-refractivity contribution in [3.8, 4) is 23.5 Å². The highest BCUT2D eigenvalue weighted by atomic mass is 16.5. The molecular formula is C25H26N4O2. The van der Waals surface area contributed by atoms with Crippen molar-refractivity contribution in [1.29, 1.82) is 0 Å². The summed E-state index contributed by atoms with van der Waals surface area (Å²) in [6.07, 6.45) is 14.9. The number of hydrogen-bond acceptors (Lipinski definition) is 4. The number of aromatic nitrogens is 3. The van der Waals surface area contributed by atoms with Crippen molar-refractivity contribution in [3.05, 3.63) is 70.4 Å². The first-order valence-corrected chi connectivity index (χ1v) is 10.4. The molecule has 1 aliphatic heterocycles. The smallest absolute Gasteiger partial charge is 0.251 e. The number of ether oxygens (including phenoxy) is 1. The Labute approximate surface area is 181 Å². The number of terminal acetylenes is 1. The molecule has 1 N–H and O–H groups in total. The molecule has 1 aliphatic rings. The highest BCUT2D eigenvalue weighted by molar-refractivity contribution is 5.95. The van der Waals surface area contributed by atoms with Gasteiger partial charge in [-0.3, -0.25) is 4.79 Å². The number of pyridine rings is 2. The van der Waals surface area contributed by atoms with Crippen LogP contribution < -0.4 is 10.5 Å². The highest BCUT2D eigenvalue weighted by Gasteiger charge is 2.15. The number of nitrogens with one attached hydrogen (secondary N) is 1. The van der Waals surface area contributed by atoms with E-state index in [1.54, 1.807) is 10.6 Å². The van der Waals surface area contributed by atoms with E-state index >= 15 is 0 Å². The Kier molecular flexibility index (Phi) is 6.06. The standard InChI is InChI=1S/C25H26N4O2/c1-4-18(2)5-6-19(3)17-29-8-7-20(13-24(29)30)23-16-27-25-22(23)14-21(15-26-25)28-9-11-31-12-10-28/h1,5-8,13-16H,9-12,17H2,2-3H3,(H,26,27)/b18-5-,19-6+. The number of rotatable bonds is 5. The van der Waals surface area contributed by atoms with Gasteiger partial charge in [-0.1, -0.05) is 23.6 Å². The average Bonchev–Trinajstić information content (AvgIpc) is 3.22. The van der Waals surface area contributed by atoms with Crippen LogP contribution in [0.1, 0.15) is 13.8 Å². The van der Waals surface area contributed by atoms with Crippen LogP contribution in [0.25, 0.3) is 22.2 Å². The van der Waals surface area contributed by atoms with Crippen molar-refractivity contribution in [3.63, 3.8) is 0 Å². The maximum Gasteiger partial charge on any atom is 0.251 e. The van der Waals surface area contributed by atoms with E-state index in [0.29, 0.717) is 6.54 Å². The first-order chi connectivity index (χ1) is 15.0. The molecule has 0 spiro atoms. The molecule has 0 amide bonds. The molecule has 3 aromatic heterocycles. The summed E-state index contributed by atoms with van der Waals surface area (Å²) < 4.78 is 7.15. The highest BCUT2D eigenvalue weighted by Crippen LogP contribution is 2.30. The summed E-state index contributed by atoms with van der Waals surface area (Å²) in [7, 11) is 0. The Bertz CT molecular complexity index is 1250. The molecule has 0 radical (unpaired) electrons. The number of nitrogens with zero attached hydrogens (tertiary/aromatic N) is 3. The zero-order valence-electron chi connectivity index (χ0n) is 17.9. The number of allylic oxidation sites excluding steroid dienone is 4. The Morgan fingerprint density at radius 3 is 2.84 bits per heavy atom. The molecule has 1 saturated heterocycles. The summed E-state index contributed by atoms with van der Waals surface area (Å²) in [5.74, 6) is 2.59. The van der Waals surface area contributed by atoms with Crippen LogP contribution in [0.2, 0.25) is 0 Å². The summed E-state index contributed by atoms with van der Waals surface area (Å²) in [4.78, 5) is 22.8. The molecule has 4 rings (SSSR count). The number of fused-ring (bicyclic) bond motifs is 1. The maximum atomic E-state index is 12.8. The lowest BCUT2D eigenvalue weighted by atomic mass is 10.1. The first-order valence-electron chi connectivity index (χ1n) is 10.4. The largest absolute Gasteiger partial charge is 0.378 e. The van der Waals surface area contributed by atoms with Crippen LogP contribution in [0.4, 0.5) is 5.69 Å². The summed E-state index contributed by atoms with van der Waals surface area (Å²) in [5, 5.41) is 1.01. The van der Waals surface area contributed by atoms with Crippen molar-refractivity contribution in [2.75, 3.05) is 31.2 Å². The fourth-order valence-electron chi connectivity index (χ4n) is 3.67. The molecule has 6 nitrogen and oxygen atoms in total. The van der Waals surface area contributed by atoms with E-state index < -0.39 is 0 Å². The minimum absolute atomic E-state index is 0.0467. The molecular weight excluding hydrogens is 388 g/mol. The topological polar surface area (TPSA) is 63.1 Å². The van der Waals surface area contributed by atoms with Gasteiger partial charge in [-0.25, -0.2) is 4.98 Å². The molecule has 4 heterocycles. The van der Waals surface area contributed by atoms with Gasteiger partial charge in [-0.2, -0.15) is 0 Å². The summed E-state index contributed by atoms with van der Waals surface area (Å²) in [5.41, 5.74) is 5.59. The van der Waals surface area contributed by atoms with Crippen molar-refractivity contribution < 1.29 is 4.74 Å². The van der Waals surface area contributed by atoms with Crippen LogP contribution in [0, 0.1) is 12.3 Å². The van der Waals surface area contributed by atoms with Crippen LogP contribution in [0.3, 0.4) is 0 Å². The summed E-state index contributed by atoms with van der Waals surface area (Å²) >= 11 is 0. The molecule has 0 bridgehead atoms. The first kappa shape index (κ1) is 20.7. The number of morpholine rings is 1. The quantitative estimate of drug-likeness (QED) is 0.510. The van der Waals surface area contributed by atoms with Gasteiger partial charge >= 0.3 is 0 Å². The molecule has 0 aliphatic carbocycles. The summed E-state index contributed by atoms with van der Waals surface area (Å²) in [6.45, 7) is 7.54. The molecule has 0 saturated carbocycles. The van der Waals surface area contributed by atoms with E-state index in [0.717, 1.165) is 65.3 Å². The van der Waals surface area contributed by atoms with Gasteiger partial charge in [0, 0.05) is 49.0 Å². The maximum absolute atomic E-state index is 12.8. The van der Waals surface area contributed by atoms with E-state index in [9.17, 15) is 4.79 Å². The molecule has 31 heavy (non-hydrogen) atoms. The lowest BCUT2D eigenvalue weighted by molar-refractivity contribution is 0.122. The Morgan fingerprint density at radius 2 is 2.10 bits per heavy atom. The monoisotopic (exact) mass is 414 g/mol. The number of aromatic amines is 1. The molecule has 158 valence electrons.